The zero-order valence-electron chi connectivity index (χ0n) is 13.8. The fraction of sp³-hybridized carbons (Fsp3) is 0.471. The molecule has 0 bridgehead atoms. The topological polar surface area (TPSA) is 80.3 Å². The van der Waals surface area contributed by atoms with Crippen molar-refractivity contribution >= 4 is 17.8 Å². The Morgan fingerprint density at radius 2 is 2.00 bits per heavy atom. The lowest BCUT2D eigenvalue weighted by Crippen LogP contribution is -2.97. The normalized spacial score (nSPS) is 32.2. The number of esters is 1. The first-order valence-corrected chi connectivity index (χ1v) is 7.91. The Labute approximate surface area is 139 Å². The van der Waals surface area contributed by atoms with Gasteiger partial charge in [0.05, 0.1) is 7.11 Å². The predicted molar refractivity (Wildman–Crippen MR) is 80.9 cm³/mol. The monoisotopic (exact) mass is 335 g/mol. The molecule has 128 valence electrons. The lowest BCUT2D eigenvalue weighted by atomic mass is 9.80. The number of halogens is 1. The van der Waals surface area contributed by atoms with Crippen molar-refractivity contribution < 1.29 is 28.8 Å². The summed E-state index contributed by atoms with van der Waals surface area (Å²) in [5, 5.41) is 1.61. The molecule has 2 heterocycles. The van der Waals surface area contributed by atoms with Gasteiger partial charge in [-0.05, 0) is 13.0 Å². The van der Waals surface area contributed by atoms with Crippen LogP contribution in [-0.2, 0) is 19.1 Å². The molecule has 2 fully saturated rings. The number of nitrogens with two attached hydrogens (primary N) is 1. The summed E-state index contributed by atoms with van der Waals surface area (Å²) in [6.45, 7) is 3.52. The summed E-state index contributed by atoms with van der Waals surface area (Å²) >= 11 is 0. The Hall–Kier alpha value is -2.28. The van der Waals surface area contributed by atoms with Gasteiger partial charge in [0.25, 0.3) is 0 Å². The number of ether oxygens (including phenoxy) is 1. The molecule has 2 aliphatic rings. The number of carbonyl (C=O) groups is 3. The number of hydrogen-bond acceptors (Lipinski definition) is 4. The van der Waals surface area contributed by atoms with Crippen LogP contribution >= 0.6 is 0 Å². The fourth-order valence-corrected chi connectivity index (χ4v) is 4.08. The van der Waals surface area contributed by atoms with Crippen LogP contribution in [0.15, 0.2) is 24.3 Å². The molecule has 2 saturated heterocycles. The van der Waals surface area contributed by atoms with E-state index in [2.05, 4.69) is 0 Å². The van der Waals surface area contributed by atoms with Gasteiger partial charge >= 0.3 is 5.97 Å². The van der Waals surface area contributed by atoms with Gasteiger partial charge in [0, 0.05) is 19.0 Å². The van der Waals surface area contributed by atoms with Crippen LogP contribution in [0.25, 0.3) is 0 Å². The number of imide groups is 1. The largest absolute Gasteiger partial charge is 0.464 e. The second-order valence-corrected chi connectivity index (χ2v) is 6.41. The third kappa shape index (κ3) is 2.07. The predicted octanol–water partition coefficient (Wildman–Crippen LogP) is -0.00340. The maximum Gasteiger partial charge on any atom is 0.368 e. The van der Waals surface area contributed by atoms with Crippen molar-refractivity contribution in [3.05, 3.63) is 35.6 Å². The van der Waals surface area contributed by atoms with Crippen LogP contribution in [0.3, 0.4) is 0 Å². The third-order valence-electron chi connectivity index (χ3n) is 5.21. The maximum atomic E-state index is 14.3. The molecule has 0 aromatic heterocycles. The van der Waals surface area contributed by atoms with Crippen molar-refractivity contribution in [2.45, 2.75) is 25.4 Å². The fourth-order valence-electron chi connectivity index (χ4n) is 4.08. The number of likely N-dealkylation sites (tertiary alicyclic amines) is 1. The molecule has 0 aliphatic carbocycles. The second kappa shape index (κ2) is 5.66. The van der Waals surface area contributed by atoms with E-state index < -0.39 is 41.1 Å². The van der Waals surface area contributed by atoms with E-state index in [4.69, 9.17) is 4.74 Å². The van der Waals surface area contributed by atoms with E-state index >= 15 is 0 Å². The van der Waals surface area contributed by atoms with E-state index in [0.717, 1.165) is 4.90 Å². The lowest BCUT2D eigenvalue weighted by Gasteiger charge is -2.25. The molecule has 6 nitrogen and oxygen atoms in total. The number of amides is 2. The first kappa shape index (κ1) is 16.6. The highest BCUT2D eigenvalue weighted by Crippen LogP contribution is 2.44. The Morgan fingerprint density at radius 1 is 1.33 bits per heavy atom. The molecule has 1 aromatic rings. The Balaban J connectivity index is 2.13. The van der Waals surface area contributed by atoms with Crippen LogP contribution < -0.4 is 5.32 Å². The molecule has 4 atom stereocenters. The average molecular weight is 335 g/mol. The van der Waals surface area contributed by atoms with E-state index in [1.165, 1.54) is 13.2 Å². The standard InChI is InChI=1S/C17H19FN2O4/c1-4-20-14(21)11-12(15(20)22)17(2,16(23)24-3)19-13(11)9-7-5-6-8-10(9)18/h5-8,11-13,19H,4H2,1-3H3/p+1/t11-,12-,13-,17+/m0/s1. The summed E-state index contributed by atoms with van der Waals surface area (Å²) in [5.41, 5.74) is -0.942. The van der Waals surface area contributed by atoms with E-state index in [9.17, 15) is 18.8 Å². The van der Waals surface area contributed by atoms with Crippen LogP contribution in [0.1, 0.15) is 25.5 Å². The van der Waals surface area contributed by atoms with Crippen LogP contribution in [0.2, 0.25) is 0 Å². The van der Waals surface area contributed by atoms with Crippen LogP contribution in [0.4, 0.5) is 4.39 Å². The van der Waals surface area contributed by atoms with E-state index in [1.807, 2.05) is 0 Å². The first-order valence-electron chi connectivity index (χ1n) is 7.91. The number of quaternary nitrogens is 1. The van der Waals surface area contributed by atoms with Crippen LogP contribution in [0.5, 0.6) is 0 Å². The van der Waals surface area contributed by atoms with Crippen molar-refractivity contribution in [2.24, 2.45) is 11.8 Å². The molecule has 24 heavy (non-hydrogen) atoms. The number of rotatable bonds is 3. The minimum absolute atomic E-state index is 0.228. The first-order chi connectivity index (χ1) is 11.4. The maximum absolute atomic E-state index is 14.3. The molecule has 0 radical (unpaired) electrons. The van der Waals surface area contributed by atoms with Gasteiger partial charge in [-0.3, -0.25) is 14.5 Å². The molecule has 7 heteroatoms. The zero-order chi connectivity index (χ0) is 17.6. The molecule has 0 unspecified atom stereocenters. The summed E-state index contributed by atoms with van der Waals surface area (Å²) in [6.07, 6.45) is 0. The number of benzene rings is 1. The molecule has 1 aromatic carbocycles. The summed E-state index contributed by atoms with van der Waals surface area (Å²) < 4.78 is 19.2. The summed E-state index contributed by atoms with van der Waals surface area (Å²) in [6, 6.07) is 5.49. The molecule has 0 spiro atoms. The number of carbonyl (C=O) groups excluding carboxylic acids is 3. The third-order valence-corrected chi connectivity index (χ3v) is 5.21. The molecular weight excluding hydrogens is 315 g/mol. The second-order valence-electron chi connectivity index (χ2n) is 6.41. The minimum atomic E-state index is -1.26. The lowest BCUT2D eigenvalue weighted by molar-refractivity contribution is -0.731. The van der Waals surface area contributed by atoms with Gasteiger partial charge < -0.3 is 10.1 Å². The minimum Gasteiger partial charge on any atom is -0.464 e. The highest BCUT2D eigenvalue weighted by Gasteiger charge is 2.70. The highest BCUT2D eigenvalue weighted by atomic mass is 19.1. The van der Waals surface area contributed by atoms with E-state index in [1.54, 1.807) is 37.4 Å². The molecule has 2 aliphatic heterocycles. The summed E-state index contributed by atoms with van der Waals surface area (Å²) in [5.74, 6) is -3.43. The van der Waals surface area contributed by atoms with Gasteiger partial charge in [0.2, 0.25) is 17.4 Å². The molecule has 0 saturated carbocycles. The number of fused-ring (bicyclic) bond motifs is 1. The van der Waals surface area contributed by atoms with Crippen LogP contribution in [0, 0.1) is 17.7 Å². The van der Waals surface area contributed by atoms with Crippen molar-refractivity contribution in [3.63, 3.8) is 0 Å². The van der Waals surface area contributed by atoms with Crippen molar-refractivity contribution in [1.82, 2.24) is 4.90 Å². The quantitative estimate of drug-likeness (QED) is 0.623. The molecule has 3 rings (SSSR count). The summed E-state index contributed by atoms with van der Waals surface area (Å²) in [4.78, 5) is 39.0. The van der Waals surface area contributed by atoms with Gasteiger partial charge in [0.1, 0.15) is 23.7 Å². The van der Waals surface area contributed by atoms with E-state index in [-0.39, 0.29) is 12.5 Å². The zero-order valence-corrected chi connectivity index (χ0v) is 13.8. The number of hydrogen-bond donors (Lipinski definition) is 1. The number of methoxy groups -OCH3 is 1. The average Bonchev–Trinajstić information content (AvgIpc) is 3.02. The Bertz CT molecular complexity index is 722. The Kier molecular flexibility index (Phi) is 3.91. The van der Waals surface area contributed by atoms with Crippen molar-refractivity contribution in [1.29, 1.82) is 0 Å². The number of nitrogens with zero attached hydrogens (tertiary/aromatic N) is 1. The van der Waals surface area contributed by atoms with Crippen molar-refractivity contribution in [2.75, 3.05) is 13.7 Å². The smallest absolute Gasteiger partial charge is 0.368 e. The Morgan fingerprint density at radius 3 is 2.58 bits per heavy atom. The summed E-state index contributed by atoms with van der Waals surface area (Å²) in [7, 11) is 1.24. The van der Waals surface area contributed by atoms with Crippen LogP contribution in [-0.4, -0.2) is 41.9 Å². The van der Waals surface area contributed by atoms with E-state index in [0.29, 0.717) is 5.56 Å². The SMILES string of the molecule is CCN1C(=O)[C@H]2[C@@H](C1=O)[C@](C)(C(=O)OC)[NH2+][C@H]2c1ccccc1F. The van der Waals surface area contributed by atoms with Gasteiger partial charge in [-0.15, -0.1) is 0 Å². The molecule has 2 N–H and O–H groups in total. The molecule has 2 amide bonds. The van der Waals surface area contributed by atoms with Crippen molar-refractivity contribution in [3.8, 4) is 0 Å². The van der Waals surface area contributed by atoms with Gasteiger partial charge in [-0.1, -0.05) is 18.2 Å². The highest BCUT2D eigenvalue weighted by molar-refractivity contribution is 6.08. The van der Waals surface area contributed by atoms with Gasteiger partial charge in [0.15, 0.2) is 0 Å². The van der Waals surface area contributed by atoms with Gasteiger partial charge in [-0.25, -0.2) is 9.18 Å². The molecular formula is C17H20FN2O4+. The van der Waals surface area contributed by atoms with Gasteiger partial charge in [-0.2, -0.15) is 0 Å².